The van der Waals surface area contributed by atoms with Crippen molar-refractivity contribution in [1.29, 1.82) is 0 Å². The predicted molar refractivity (Wildman–Crippen MR) is 71.1 cm³/mol. The Morgan fingerprint density at radius 1 is 1.22 bits per heavy atom. The van der Waals surface area contributed by atoms with Crippen LogP contribution in [-0.2, 0) is 9.59 Å². The number of rotatable bonds is 6. The predicted octanol–water partition coefficient (Wildman–Crippen LogP) is 1.51. The van der Waals surface area contributed by atoms with Gasteiger partial charge >= 0.3 is 5.97 Å². The first-order valence-electron chi connectivity index (χ1n) is 6.38. The third-order valence-corrected chi connectivity index (χ3v) is 3.44. The maximum Gasteiger partial charge on any atom is 0.305 e. The van der Waals surface area contributed by atoms with Gasteiger partial charge in [-0.2, -0.15) is 0 Å². The topological polar surface area (TPSA) is 92.4 Å². The quantitative estimate of drug-likeness (QED) is 0.673. The van der Waals surface area contributed by atoms with Gasteiger partial charge < -0.3 is 16.2 Å². The number of carboxylic acids is 1. The van der Waals surface area contributed by atoms with Gasteiger partial charge in [0, 0.05) is 6.04 Å². The summed E-state index contributed by atoms with van der Waals surface area (Å²) >= 11 is 0. The van der Waals surface area contributed by atoms with E-state index >= 15 is 0 Å². The number of nitrogens with two attached hydrogens (primary N) is 1. The van der Waals surface area contributed by atoms with E-state index in [-0.39, 0.29) is 17.7 Å². The van der Waals surface area contributed by atoms with Crippen molar-refractivity contribution >= 4 is 11.9 Å². The van der Waals surface area contributed by atoms with E-state index in [1.54, 1.807) is 0 Å². The van der Waals surface area contributed by atoms with Crippen molar-refractivity contribution in [2.75, 3.05) is 0 Å². The summed E-state index contributed by atoms with van der Waals surface area (Å²) in [5, 5.41) is 11.7. The summed E-state index contributed by atoms with van der Waals surface area (Å²) in [4.78, 5) is 23.0. The monoisotopic (exact) mass is 258 g/mol. The fourth-order valence-electron chi connectivity index (χ4n) is 1.62. The number of nitrogens with one attached hydrogen (secondary N) is 1. The molecular weight excluding hydrogens is 232 g/mol. The Bertz CT molecular complexity index is 304. The third kappa shape index (κ3) is 4.64. The molecule has 4 N–H and O–H groups in total. The molecule has 0 bridgehead atoms. The van der Waals surface area contributed by atoms with Crippen LogP contribution in [0.15, 0.2) is 0 Å². The summed E-state index contributed by atoms with van der Waals surface area (Å²) in [5.41, 5.74) is 4.77. The molecular formula is C13H26N2O3. The van der Waals surface area contributed by atoms with Gasteiger partial charge in [0.25, 0.3) is 0 Å². The van der Waals surface area contributed by atoms with E-state index in [9.17, 15) is 9.59 Å². The summed E-state index contributed by atoms with van der Waals surface area (Å²) in [6, 6.07) is -0.427. The van der Waals surface area contributed by atoms with Gasteiger partial charge in [-0.05, 0) is 18.3 Å². The molecule has 0 heterocycles. The van der Waals surface area contributed by atoms with E-state index in [0.29, 0.717) is 12.8 Å². The zero-order valence-corrected chi connectivity index (χ0v) is 12.0. The lowest BCUT2D eigenvalue weighted by atomic mass is 9.83. The highest BCUT2D eigenvalue weighted by molar-refractivity contribution is 5.86. The molecule has 5 nitrogen and oxygen atoms in total. The molecule has 1 atom stereocenters. The number of carbonyl (C=O) groups excluding carboxylic acids is 1. The van der Waals surface area contributed by atoms with E-state index in [1.165, 1.54) is 0 Å². The highest BCUT2D eigenvalue weighted by atomic mass is 16.4. The Morgan fingerprint density at radius 2 is 1.67 bits per heavy atom. The van der Waals surface area contributed by atoms with Crippen LogP contribution in [0.1, 0.15) is 53.9 Å². The number of aliphatic carboxylic acids is 1. The Balaban J connectivity index is 4.89. The van der Waals surface area contributed by atoms with Crippen LogP contribution in [0.4, 0.5) is 0 Å². The fraction of sp³-hybridized carbons (Fsp3) is 0.846. The van der Waals surface area contributed by atoms with E-state index < -0.39 is 17.6 Å². The minimum Gasteiger partial charge on any atom is -0.481 e. The average molecular weight is 258 g/mol. The van der Waals surface area contributed by atoms with Crippen molar-refractivity contribution < 1.29 is 14.7 Å². The lowest BCUT2D eigenvalue weighted by Gasteiger charge is -2.34. The number of hydrogen-bond donors (Lipinski definition) is 3. The normalized spacial score (nSPS) is 14.1. The molecule has 0 aliphatic rings. The van der Waals surface area contributed by atoms with Gasteiger partial charge in [0.05, 0.1) is 12.0 Å². The first-order valence-corrected chi connectivity index (χ1v) is 6.38. The minimum atomic E-state index is -0.925. The highest BCUT2D eigenvalue weighted by Gasteiger charge is 2.35. The van der Waals surface area contributed by atoms with Gasteiger partial charge in [0.15, 0.2) is 0 Å². The van der Waals surface area contributed by atoms with E-state index in [2.05, 4.69) is 5.32 Å². The van der Waals surface area contributed by atoms with Crippen LogP contribution in [0.3, 0.4) is 0 Å². The van der Waals surface area contributed by atoms with Crippen LogP contribution in [0.5, 0.6) is 0 Å². The number of carbonyl (C=O) groups is 2. The molecule has 1 unspecified atom stereocenters. The highest BCUT2D eigenvalue weighted by Crippen LogP contribution is 2.23. The third-order valence-electron chi connectivity index (χ3n) is 3.44. The lowest BCUT2D eigenvalue weighted by molar-refractivity contribution is -0.139. The van der Waals surface area contributed by atoms with Crippen LogP contribution in [0, 0.1) is 5.41 Å². The van der Waals surface area contributed by atoms with Gasteiger partial charge in [0.1, 0.15) is 0 Å². The molecule has 0 spiro atoms. The molecule has 0 aromatic heterocycles. The van der Waals surface area contributed by atoms with Crippen molar-refractivity contribution in [2.24, 2.45) is 11.1 Å². The second kappa shape index (κ2) is 6.18. The number of amides is 1. The fourth-order valence-corrected chi connectivity index (χ4v) is 1.62. The molecule has 0 fully saturated rings. The van der Waals surface area contributed by atoms with Gasteiger partial charge in [0.2, 0.25) is 5.91 Å². The average Bonchev–Trinajstić information content (AvgIpc) is 2.25. The molecule has 0 aliphatic carbocycles. The molecule has 0 aliphatic heterocycles. The Kier molecular flexibility index (Phi) is 5.80. The molecule has 0 saturated carbocycles. The maximum atomic E-state index is 12.1. The first kappa shape index (κ1) is 16.9. The molecule has 0 aromatic carbocycles. The van der Waals surface area contributed by atoms with Crippen molar-refractivity contribution in [3.05, 3.63) is 0 Å². The maximum absolute atomic E-state index is 12.1. The van der Waals surface area contributed by atoms with Crippen molar-refractivity contribution in [3.8, 4) is 0 Å². The number of carboxylic acid groups (broad SMARTS) is 1. The summed E-state index contributed by atoms with van der Waals surface area (Å²) in [5.74, 6) is -1.19. The Labute approximate surface area is 109 Å². The van der Waals surface area contributed by atoms with Gasteiger partial charge in [-0.15, -0.1) is 0 Å². The largest absolute Gasteiger partial charge is 0.481 e. The minimum absolute atomic E-state index is 0.0985. The van der Waals surface area contributed by atoms with Crippen molar-refractivity contribution in [1.82, 2.24) is 5.32 Å². The van der Waals surface area contributed by atoms with Crippen LogP contribution < -0.4 is 11.1 Å². The molecule has 0 rings (SSSR count). The van der Waals surface area contributed by atoms with Gasteiger partial charge in [-0.25, -0.2) is 0 Å². The summed E-state index contributed by atoms with van der Waals surface area (Å²) in [6.07, 6.45) is 0.956. The Morgan fingerprint density at radius 3 is 1.94 bits per heavy atom. The van der Waals surface area contributed by atoms with E-state index in [0.717, 1.165) is 0 Å². The summed E-state index contributed by atoms with van der Waals surface area (Å²) in [6.45, 7) is 9.41. The van der Waals surface area contributed by atoms with Crippen LogP contribution >= 0.6 is 0 Å². The molecule has 0 aromatic rings. The first-order chi connectivity index (χ1) is 8.06. The van der Waals surface area contributed by atoms with E-state index in [4.69, 9.17) is 10.8 Å². The molecule has 1 amide bonds. The molecule has 5 heteroatoms. The number of hydrogen-bond acceptors (Lipinski definition) is 3. The van der Waals surface area contributed by atoms with Crippen LogP contribution in [0.25, 0.3) is 0 Å². The van der Waals surface area contributed by atoms with Gasteiger partial charge in [-0.1, -0.05) is 34.6 Å². The van der Waals surface area contributed by atoms with Crippen molar-refractivity contribution in [3.63, 3.8) is 0 Å². The van der Waals surface area contributed by atoms with Gasteiger partial charge in [-0.3, -0.25) is 9.59 Å². The van der Waals surface area contributed by atoms with Crippen LogP contribution in [-0.4, -0.2) is 28.6 Å². The molecule has 0 saturated heterocycles. The summed E-state index contributed by atoms with van der Waals surface area (Å²) < 4.78 is 0. The van der Waals surface area contributed by atoms with Crippen LogP contribution in [0.2, 0.25) is 0 Å². The van der Waals surface area contributed by atoms with E-state index in [1.807, 2.05) is 34.6 Å². The second-order valence-corrected chi connectivity index (χ2v) is 5.85. The standard InChI is InChI=1S/C13H26N2O3/c1-6-13(14,7-2)11(18)15-9(8-10(16)17)12(3,4)5/h9H,6-8,14H2,1-5H3,(H,15,18)(H,16,17). The zero-order valence-electron chi connectivity index (χ0n) is 12.0. The molecule has 0 radical (unpaired) electrons. The summed E-state index contributed by atoms with van der Waals surface area (Å²) in [7, 11) is 0. The molecule has 106 valence electrons. The smallest absolute Gasteiger partial charge is 0.305 e. The SMILES string of the molecule is CCC(N)(CC)C(=O)NC(CC(=O)O)C(C)(C)C. The van der Waals surface area contributed by atoms with Crippen molar-refractivity contribution in [2.45, 2.75) is 65.5 Å². The lowest BCUT2D eigenvalue weighted by Crippen LogP contribution is -2.58. The Hall–Kier alpha value is -1.10. The second-order valence-electron chi connectivity index (χ2n) is 5.85. The zero-order chi connectivity index (χ0) is 14.6. The molecule has 18 heavy (non-hydrogen) atoms.